The number of thiophene rings is 2. The number of para-hydroxylation sites is 3. The van der Waals surface area contributed by atoms with Gasteiger partial charge in [0.1, 0.15) is 0 Å². The van der Waals surface area contributed by atoms with Crippen LogP contribution in [0.2, 0.25) is 0 Å². The molecule has 0 amide bonds. The van der Waals surface area contributed by atoms with Crippen LogP contribution in [0.4, 0.5) is 17.1 Å². The first-order valence-corrected chi connectivity index (χ1v) is 23.3. The van der Waals surface area contributed by atoms with Crippen LogP contribution < -0.4 is 4.90 Å². The molecule has 14 rings (SSSR count). The lowest BCUT2D eigenvalue weighted by molar-refractivity contribution is 1.17. The van der Waals surface area contributed by atoms with Gasteiger partial charge in [0.2, 0.25) is 0 Å². The van der Waals surface area contributed by atoms with Crippen LogP contribution in [0.15, 0.2) is 224 Å². The first kappa shape index (κ1) is 31.8. The molecule has 0 fully saturated rings. The summed E-state index contributed by atoms with van der Waals surface area (Å²) >= 11 is 3.55. The molecule has 0 aliphatic carbocycles. The zero-order chi connectivity index (χ0) is 46.9. The van der Waals surface area contributed by atoms with E-state index < -0.39 is 6.04 Å². The number of aromatic nitrogens is 2. The molecule has 0 N–H and O–H groups in total. The van der Waals surface area contributed by atoms with Gasteiger partial charge in [-0.25, -0.2) is 0 Å². The molecule has 0 spiro atoms. The van der Waals surface area contributed by atoms with Crippen LogP contribution in [-0.4, -0.2) is 9.13 Å². The number of fused-ring (bicyclic) bond motifs is 13. The van der Waals surface area contributed by atoms with E-state index in [2.05, 4.69) is 191 Å². The molecular weight excluding hydrogens is 827 g/mol. The van der Waals surface area contributed by atoms with E-state index in [1.165, 1.54) is 42.0 Å². The molecule has 304 valence electrons. The molecule has 0 aliphatic heterocycles. The fourth-order valence-corrected chi connectivity index (χ4v) is 12.4. The lowest BCUT2D eigenvalue weighted by Crippen LogP contribution is -2.10. The summed E-state index contributed by atoms with van der Waals surface area (Å²) in [4.78, 5) is 2.33. The molecule has 0 radical (unpaired) electrons. The number of anilines is 3. The van der Waals surface area contributed by atoms with E-state index in [0.717, 1.165) is 75.9 Å². The maximum absolute atomic E-state index is 9.05. The zero-order valence-corrected chi connectivity index (χ0v) is 36.3. The van der Waals surface area contributed by atoms with Crippen LogP contribution >= 0.6 is 22.7 Å². The van der Waals surface area contributed by atoms with Crippen molar-refractivity contribution < 1.29 is 6.85 Å². The molecule has 65 heavy (non-hydrogen) atoms. The Morgan fingerprint density at radius 2 is 0.862 bits per heavy atom. The van der Waals surface area contributed by atoms with Gasteiger partial charge in [-0.05, 0) is 126 Å². The Labute approximate surface area is 389 Å². The van der Waals surface area contributed by atoms with Gasteiger partial charge < -0.3 is 14.0 Å². The van der Waals surface area contributed by atoms with Crippen molar-refractivity contribution in [3.8, 4) is 22.5 Å². The molecule has 4 heterocycles. The first-order valence-electron chi connectivity index (χ1n) is 24.2. The van der Waals surface area contributed by atoms with E-state index in [9.17, 15) is 0 Å². The fourth-order valence-electron chi connectivity index (χ4n) is 10.2. The second kappa shape index (κ2) is 14.3. The van der Waals surface area contributed by atoms with Gasteiger partial charge >= 0.3 is 0 Å². The maximum atomic E-state index is 9.05. The van der Waals surface area contributed by atoms with Crippen LogP contribution in [0, 0.1) is 0 Å². The van der Waals surface area contributed by atoms with E-state index in [4.69, 9.17) is 6.85 Å². The topological polar surface area (TPSA) is 13.1 Å². The summed E-state index contributed by atoms with van der Waals surface area (Å²) < 4.78 is 52.7. The highest BCUT2D eigenvalue weighted by molar-refractivity contribution is 7.26. The van der Waals surface area contributed by atoms with Crippen molar-refractivity contribution >= 4 is 124 Å². The second-order valence-corrected chi connectivity index (χ2v) is 18.7. The highest BCUT2D eigenvalue weighted by Crippen LogP contribution is 2.46. The van der Waals surface area contributed by atoms with Gasteiger partial charge in [0.15, 0.2) is 0 Å². The summed E-state index contributed by atoms with van der Waals surface area (Å²) in [6, 6.07) is 67.4. The summed E-state index contributed by atoms with van der Waals surface area (Å²) in [5.41, 5.74) is 10.3. The lowest BCUT2D eigenvalue weighted by atomic mass is 10.00. The summed E-state index contributed by atoms with van der Waals surface area (Å²) in [7, 11) is 0. The quantitative estimate of drug-likeness (QED) is 0.162. The Morgan fingerprint density at radius 3 is 1.60 bits per heavy atom. The third kappa shape index (κ3) is 5.59. The first-order chi connectivity index (χ1) is 34.3. The zero-order valence-electron chi connectivity index (χ0n) is 39.6. The molecular formula is C60H37N3S2. The Kier molecular flexibility index (Phi) is 6.99. The highest BCUT2D eigenvalue weighted by atomic mass is 32.1. The fraction of sp³-hybridized carbons (Fsp3) is 0. The van der Waals surface area contributed by atoms with Gasteiger partial charge in [0.25, 0.3) is 0 Å². The van der Waals surface area contributed by atoms with E-state index in [1.54, 1.807) is 11.3 Å². The molecule has 5 heteroatoms. The minimum Gasteiger partial charge on any atom is -0.310 e. The van der Waals surface area contributed by atoms with Gasteiger partial charge in [-0.2, -0.15) is 0 Å². The molecule has 0 atom stereocenters. The minimum atomic E-state index is -0.410. The molecule has 10 aromatic carbocycles. The predicted octanol–water partition coefficient (Wildman–Crippen LogP) is 17.8. The van der Waals surface area contributed by atoms with Crippen molar-refractivity contribution in [3.63, 3.8) is 0 Å². The maximum Gasteiger partial charge on any atom is 0.0645 e. The van der Waals surface area contributed by atoms with Crippen LogP contribution in [0.1, 0.15) is 6.85 Å². The Bertz CT molecular complexity index is 4410. The van der Waals surface area contributed by atoms with Crippen LogP contribution in [-0.2, 0) is 0 Å². The number of hydrogen-bond donors (Lipinski definition) is 0. The third-order valence-electron chi connectivity index (χ3n) is 13.0. The molecule has 0 saturated heterocycles. The molecule has 0 saturated carbocycles. The molecule has 0 aliphatic rings. The van der Waals surface area contributed by atoms with E-state index in [0.29, 0.717) is 0 Å². The minimum absolute atomic E-state index is 0.138. The van der Waals surface area contributed by atoms with Gasteiger partial charge in [0, 0.05) is 90.3 Å². The van der Waals surface area contributed by atoms with Crippen LogP contribution in [0.5, 0.6) is 0 Å². The number of nitrogens with zero attached hydrogens (tertiary/aromatic N) is 3. The largest absolute Gasteiger partial charge is 0.310 e. The normalized spacial score (nSPS) is 13.1. The molecule has 0 unspecified atom stereocenters. The molecule has 0 bridgehead atoms. The molecule has 3 nitrogen and oxygen atoms in total. The van der Waals surface area contributed by atoms with Crippen LogP contribution in [0.3, 0.4) is 0 Å². The van der Waals surface area contributed by atoms with Gasteiger partial charge in [-0.3, -0.25) is 0 Å². The third-order valence-corrected chi connectivity index (χ3v) is 15.3. The Hall–Kier alpha value is -7.96. The van der Waals surface area contributed by atoms with Crippen molar-refractivity contribution in [1.29, 1.82) is 0 Å². The monoisotopic (exact) mass is 868 g/mol. The summed E-state index contributed by atoms with van der Waals surface area (Å²) in [5, 5.41) is 9.08. The second-order valence-electron chi connectivity index (χ2n) is 16.5. The average Bonchev–Trinajstić information content (AvgIpc) is 4.16. The number of hydrogen-bond acceptors (Lipinski definition) is 3. The van der Waals surface area contributed by atoms with Crippen molar-refractivity contribution in [2.75, 3.05) is 4.90 Å². The Morgan fingerprint density at radius 1 is 0.338 bits per heavy atom. The number of benzene rings is 10. The standard InChI is InChI=1S/C60H37N3S2/c1-2-12-40(13-3-1)63-53-32-24-39(36-50(53)59-54(63)33-35-58-60(59)48-17-7-11-21-56(48)65-58)38-22-25-41(26-23-38)61(44-31-34-57-49(37-44)47-16-6-10-20-55(47)64-57)42-27-29-43(30-28-42)62-51-18-8-4-14-45(51)46-15-5-9-19-52(46)62/h1-37H/i1D,2D,3D,12D,13D. The van der Waals surface area contributed by atoms with Crippen molar-refractivity contribution in [2.45, 2.75) is 0 Å². The Balaban J connectivity index is 0.932. The van der Waals surface area contributed by atoms with E-state index in [-0.39, 0.29) is 29.9 Å². The van der Waals surface area contributed by atoms with Gasteiger partial charge in [-0.1, -0.05) is 109 Å². The number of rotatable bonds is 6. The average molecular weight is 869 g/mol. The van der Waals surface area contributed by atoms with Crippen molar-refractivity contribution in [3.05, 3.63) is 224 Å². The predicted molar refractivity (Wildman–Crippen MR) is 281 cm³/mol. The summed E-state index contributed by atoms with van der Waals surface area (Å²) in [5.74, 6) is 0. The smallest absolute Gasteiger partial charge is 0.0645 e. The highest BCUT2D eigenvalue weighted by Gasteiger charge is 2.20. The lowest BCUT2D eigenvalue weighted by Gasteiger charge is -2.26. The summed E-state index contributed by atoms with van der Waals surface area (Å²) in [6.07, 6.45) is 0. The van der Waals surface area contributed by atoms with E-state index in [1.807, 2.05) is 28.0 Å². The van der Waals surface area contributed by atoms with Gasteiger partial charge in [-0.15, -0.1) is 22.7 Å². The van der Waals surface area contributed by atoms with Gasteiger partial charge in [0.05, 0.1) is 28.9 Å². The van der Waals surface area contributed by atoms with E-state index >= 15 is 0 Å². The molecule has 4 aromatic heterocycles. The SMILES string of the molecule is [2H]c1c([2H])c([2H])c(-n2c3ccc(-c4ccc(N(c5ccc(-n6c7ccccc7c7ccccc76)cc5)c5ccc6sc7ccccc7c6c5)cc4)cc3c3c4c(ccc32)sc2ccccc24)c([2H])c1[2H]. The van der Waals surface area contributed by atoms with Crippen LogP contribution in [0.25, 0.3) is 106 Å². The molecule has 14 aromatic rings. The summed E-state index contributed by atoms with van der Waals surface area (Å²) in [6.45, 7) is 0. The van der Waals surface area contributed by atoms with Crippen molar-refractivity contribution in [2.24, 2.45) is 0 Å². The van der Waals surface area contributed by atoms with Crippen molar-refractivity contribution in [1.82, 2.24) is 9.13 Å².